The summed E-state index contributed by atoms with van der Waals surface area (Å²) >= 11 is 0. The predicted octanol–water partition coefficient (Wildman–Crippen LogP) is 3.93. The lowest BCUT2D eigenvalue weighted by atomic mass is 9.89. The van der Waals surface area contributed by atoms with Crippen LogP contribution in [0.1, 0.15) is 11.6 Å². The van der Waals surface area contributed by atoms with Crippen molar-refractivity contribution in [3.63, 3.8) is 0 Å². The Kier molecular flexibility index (Phi) is 3.86. The van der Waals surface area contributed by atoms with Crippen LogP contribution in [0.5, 0.6) is 11.5 Å². The van der Waals surface area contributed by atoms with Crippen LogP contribution >= 0.6 is 0 Å². The summed E-state index contributed by atoms with van der Waals surface area (Å²) in [6, 6.07) is 25.6. The SMILES string of the molecule is O=C1[C@H](Oc2ccccc2)[C@@H](c2ccccc2)N1c1ccc(O)cc1. The van der Waals surface area contributed by atoms with E-state index in [0.717, 1.165) is 11.3 Å². The molecule has 4 heteroatoms. The van der Waals surface area contributed by atoms with Gasteiger partial charge in [0.05, 0.1) is 0 Å². The van der Waals surface area contributed by atoms with Gasteiger partial charge in [0.1, 0.15) is 17.5 Å². The van der Waals surface area contributed by atoms with Gasteiger partial charge < -0.3 is 9.84 Å². The smallest absolute Gasteiger partial charge is 0.271 e. The zero-order valence-corrected chi connectivity index (χ0v) is 13.4. The lowest BCUT2D eigenvalue weighted by molar-refractivity contribution is -0.135. The molecule has 0 radical (unpaired) electrons. The molecule has 0 aliphatic carbocycles. The summed E-state index contributed by atoms with van der Waals surface area (Å²) in [6.07, 6.45) is -0.571. The second kappa shape index (κ2) is 6.32. The number of nitrogens with zero attached hydrogens (tertiary/aromatic N) is 1. The van der Waals surface area contributed by atoms with Gasteiger partial charge in [0.25, 0.3) is 5.91 Å². The lowest BCUT2D eigenvalue weighted by Gasteiger charge is -2.46. The van der Waals surface area contributed by atoms with Gasteiger partial charge in [-0.3, -0.25) is 9.69 Å². The van der Waals surface area contributed by atoms with Crippen LogP contribution in [-0.4, -0.2) is 17.1 Å². The van der Waals surface area contributed by atoms with Crippen LogP contribution in [0.4, 0.5) is 5.69 Å². The van der Waals surface area contributed by atoms with Crippen LogP contribution in [0.25, 0.3) is 0 Å². The van der Waals surface area contributed by atoms with E-state index >= 15 is 0 Å². The fraction of sp³-hybridized carbons (Fsp3) is 0.0952. The molecule has 124 valence electrons. The minimum atomic E-state index is -0.571. The van der Waals surface area contributed by atoms with E-state index in [2.05, 4.69) is 0 Å². The Labute approximate surface area is 145 Å². The highest BCUT2D eigenvalue weighted by atomic mass is 16.5. The lowest BCUT2D eigenvalue weighted by Crippen LogP contribution is -2.61. The van der Waals surface area contributed by atoms with Crippen molar-refractivity contribution in [2.45, 2.75) is 12.1 Å². The molecule has 2 atom stereocenters. The largest absolute Gasteiger partial charge is 0.508 e. The van der Waals surface area contributed by atoms with E-state index in [9.17, 15) is 9.90 Å². The van der Waals surface area contributed by atoms with Crippen LogP contribution in [0.15, 0.2) is 84.9 Å². The first-order valence-corrected chi connectivity index (χ1v) is 8.13. The van der Waals surface area contributed by atoms with Gasteiger partial charge in [0, 0.05) is 5.69 Å². The van der Waals surface area contributed by atoms with Gasteiger partial charge in [-0.05, 0) is 42.0 Å². The maximum Gasteiger partial charge on any atom is 0.271 e. The molecule has 1 N–H and O–H groups in total. The third-order valence-electron chi connectivity index (χ3n) is 4.32. The Balaban J connectivity index is 1.68. The first-order chi connectivity index (χ1) is 12.2. The number of benzene rings is 3. The number of para-hydroxylation sites is 1. The van der Waals surface area contributed by atoms with Crippen LogP contribution in [0, 0.1) is 0 Å². The van der Waals surface area contributed by atoms with Gasteiger partial charge in [-0.15, -0.1) is 0 Å². The second-order valence-corrected chi connectivity index (χ2v) is 5.93. The number of hydrogen-bond donors (Lipinski definition) is 1. The summed E-state index contributed by atoms with van der Waals surface area (Å²) in [5.74, 6) is 0.751. The molecule has 1 amide bonds. The number of aromatic hydroxyl groups is 1. The Hall–Kier alpha value is -3.27. The zero-order valence-electron chi connectivity index (χ0n) is 13.4. The Bertz CT molecular complexity index is 863. The second-order valence-electron chi connectivity index (χ2n) is 5.93. The minimum absolute atomic E-state index is 0.0941. The molecular formula is C21H17NO3. The number of hydrogen-bond acceptors (Lipinski definition) is 3. The Morgan fingerprint density at radius 3 is 2.04 bits per heavy atom. The summed E-state index contributed by atoms with van der Waals surface area (Å²) < 4.78 is 5.96. The molecule has 0 saturated carbocycles. The molecule has 4 nitrogen and oxygen atoms in total. The van der Waals surface area contributed by atoms with E-state index in [-0.39, 0.29) is 17.7 Å². The number of phenols is 1. The first kappa shape index (κ1) is 15.3. The van der Waals surface area contributed by atoms with E-state index in [0.29, 0.717) is 5.75 Å². The Morgan fingerprint density at radius 2 is 1.40 bits per heavy atom. The van der Waals surface area contributed by atoms with E-state index < -0.39 is 6.10 Å². The molecule has 3 aromatic carbocycles. The highest BCUT2D eigenvalue weighted by Crippen LogP contribution is 2.41. The molecule has 1 aliphatic heterocycles. The molecule has 0 spiro atoms. The summed E-state index contributed by atoms with van der Waals surface area (Å²) in [5, 5.41) is 9.50. The van der Waals surface area contributed by atoms with Crippen molar-refractivity contribution in [3.05, 3.63) is 90.5 Å². The quantitative estimate of drug-likeness (QED) is 0.737. The standard InChI is InChI=1S/C21H17NO3/c23-17-13-11-16(12-14-17)22-19(15-7-3-1-4-8-15)20(21(22)24)25-18-9-5-2-6-10-18/h1-14,19-20,23H/t19-,20-/m1/s1. The number of amides is 1. The van der Waals surface area contributed by atoms with Crippen LogP contribution in [0.3, 0.4) is 0 Å². The average molecular weight is 331 g/mol. The topological polar surface area (TPSA) is 49.8 Å². The van der Waals surface area contributed by atoms with Crippen molar-refractivity contribution in [2.24, 2.45) is 0 Å². The monoisotopic (exact) mass is 331 g/mol. The van der Waals surface area contributed by atoms with Gasteiger partial charge in [0.15, 0.2) is 0 Å². The molecule has 1 aliphatic rings. The van der Waals surface area contributed by atoms with Gasteiger partial charge in [-0.2, -0.15) is 0 Å². The van der Waals surface area contributed by atoms with E-state index in [1.54, 1.807) is 29.2 Å². The first-order valence-electron chi connectivity index (χ1n) is 8.13. The fourth-order valence-electron chi connectivity index (χ4n) is 3.10. The minimum Gasteiger partial charge on any atom is -0.508 e. The van der Waals surface area contributed by atoms with Crippen molar-refractivity contribution in [1.29, 1.82) is 0 Å². The average Bonchev–Trinajstić information content (AvgIpc) is 2.66. The van der Waals surface area contributed by atoms with E-state index in [1.165, 1.54) is 0 Å². The van der Waals surface area contributed by atoms with E-state index in [1.807, 2.05) is 60.7 Å². The third-order valence-corrected chi connectivity index (χ3v) is 4.32. The van der Waals surface area contributed by atoms with E-state index in [4.69, 9.17) is 4.74 Å². The van der Waals surface area contributed by atoms with Crippen LogP contribution < -0.4 is 9.64 Å². The van der Waals surface area contributed by atoms with Crippen molar-refractivity contribution >= 4 is 11.6 Å². The van der Waals surface area contributed by atoms with Gasteiger partial charge in [-0.25, -0.2) is 0 Å². The number of rotatable bonds is 4. The highest BCUT2D eigenvalue weighted by molar-refractivity contribution is 6.05. The Morgan fingerprint density at radius 1 is 0.800 bits per heavy atom. The summed E-state index contributed by atoms with van der Waals surface area (Å²) in [4.78, 5) is 14.5. The molecule has 1 heterocycles. The summed E-state index contributed by atoms with van der Waals surface area (Å²) in [6.45, 7) is 0. The molecule has 0 aromatic heterocycles. The molecule has 0 unspecified atom stereocenters. The fourth-order valence-corrected chi connectivity index (χ4v) is 3.10. The van der Waals surface area contributed by atoms with Gasteiger partial charge >= 0.3 is 0 Å². The molecule has 4 rings (SSSR count). The number of ether oxygens (including phenoxy) is 1. The number of phenolic OH excluding ortho intramolecular Hbond substituents is 1. The molecule has 1 fully saturated rings. The molecule has 3 aromatic rings. The highest BCUT2D eigenvalue weighted by Gasteiger charge is 2.50. The van der Waals surface area contributed by atoms with Gasteiger partial charge in [0.2, 0.25) is 6.10 Å². The van der Waals surface area contributed by atoms with Gasteiger partial charge in [-0.1, -0.05) is 48.5 Å². The normalized spacial score (nSPS) is 19.4. The van der Waals surface area contributed by atoms with Crippen molar-refractivity contribution in [3.8, 4) is 11.5 Å². The number of β-lactam (4-membered cyclic amide) rings is 1. The summed E-state index contributed by atoms with van der Waals surface area (Å²) in [5.41, 5.74) is 1.75. The number of carbonyl (C=O) groups is 1. The molecule has 1 saturated heterocycles. The maximum absolute atomic E-state index is 12.8. The van der Waals surface area contributed by atoms with Crippen molar-refractivity contribution < 1.29 is 14.6 Å². The van der Waals surface area contributed by atoms with Crippen LogP contribution in [-0.2, 0) is 4.79 Å². The third kappa shape index (κ3) is 2.83. The molecule has 0 bridgehead atoms. The maximum atomic E-state index is 12.8. The molecule has 25 heavy (non-hydrogen) atoms. The predicted molar refractivity (Wildman–Crippen MR) is 95.6 cm³/mol. The molecular weight excluding hydrogens is 314 g/mol. The number of anilines is 1. The number of carbonyl (C=O) groups excluding carboxylic acids is 1. The van der Waals surface area contributed by atoms with Crippen LogP contribution in [0.2, 0.25) is 0 Å². The van der Waals surface area contributed by atoms with Crippen molar-refractivity contribution in [1.82, 2.24) is 0 Å². The van der Waals surface area contributed by atoms with Crippen molar-refractivity contribution in [2.75, 3.05) is 4.90 Å². The zero-order chi connectivity index (χ0) is 17.2. The summed E-state index contributed by atoms with van der Waals surface area (Å²) in [7, 11) is 0.